The molecule has 102 valence electrons. The summed E-state index contributed by atoms with van der Waals surface area (Å²) >= 11 is 11.8. The standard InChI is InChI=1S/C16H13Cl2NO/c17-14-7-6-11(8-15(14)18)19-16(20)13-9-12(13)10-4-2-1-3-5-10/h1-8,12-13H,9H2,(H,19,20)/t12-,13+/m1/s1. The van der Waals surface area contributed by atoms with Crippen molar-refractivity contribution in [1.29, 1.82) is 0 Å². The normalized spacial score (nSPS) is 20.5. The Bertz CT molecular complexity index is 642. The molecule has 2 nitrogen and oxygen atoms in total. The van der Waals surface area contributed by atoms with E-state index in [-0.39, 0.29) is 11.8 Å². The maximum absolute atomic E-state index is 12.2. The lowest BCUT2D eigenvalue weighted by molar-refractivity contribution is -0.117. The SMILES string of the molecule is O=C(Nc1ccc(Cl)c(Cl)c1)[C@H]1C[C@@H]1c1ccccc1. The minimum Gasteiger partial charge on any atom is -0.326 e. The van der Waals surface area contributed by atoms with Crippen molar-refractivity contribution in [3.8, 4) is 0 Å². The molecular formula is C16H13Cl2NO. The molecule has 2 atom stereocenters. The molecule has 2 aromatic rings. The fourth-order valence-electron chi connectivity index (χ4n) is 2.36. The van der Waals surface area contributed by atoms with Gasteiger partial charge in [0.1, 0.15) is 0 Å². The van der Waals surface area contributed by atoms with Crippen molar-refractivity contribution in [2.45, 2.75) is 12.3 Å². The Morgan fingerprint density at radius 2 is 1.80 bits per heavy atom. The highest BCUT2D eigenvalue weighted by atomic mass is 35.5. The van der Waals surface area contributed by atoms with E-state index in [2.05, 4.69) is 17.4 Å². The lowest BCUT2D eigenvalue weighted by atomic mass is 10.1. The van der Waals surface area contributed by atoms with Crippen LogP contribution in [0.5, 0.6) is 0 Å². The van der Waals surface area contributed by atoms with Crippen molar-refractivity contribution in [2.24, 2.45) is 5.92 Å². The van der Waals surface area contributed by atoms with Crippen molar-refractivity contribution in [2.75, 3.05) is 5.32 Å². The van der Waals surface area contributed by atoms with Gasteiger partial charge in [-0.1, -0.05) is 53.5 Å². The summed E-state index contributed by atoms with van der Waals surface area (Å²) in [7, 11) is 0. The van der Waals surface area contributed by atoms with Crippen LogP contribution in [0, 0.1) is 5.92 Å². The van der Waals surface area contributed by atoms with Crippen LogP contribution in [-0.4, -0.2) is 5.91 Å². The third kappa shape index (κ3) is 2.82. The summed E-state index contributed by atoms with van der Waals surface area (Å²) in [6.07, 6.45) is 0.900. The minimum atomic E-state index is 0.0391. The summed E-state index contributed by atoms with van der Waals surface area (Å²) in [5.41, 5.74) is 1.91. The van der Waals surface area contributed by atoms with E-state index in [0.29, 0.717) is 21.7 Å². The van der Waals surface area contributed by atoms with E-state index in [1.807, 2.05) is 18.2 Å². The van der Waals surface area contributed by atoms with E-state index in [0.717, 1.165) is 6.42 Å². The molecule has 1 N–H and O–H groups in total. The molecule has 1 amide bonds. The number of hydrogen-bond acceptors (Lipinski definition) is 1. The zero-order valence-electron chi connectivity index (χ0n) is 10.6. The smallest absolute Gasteiger partial charge is 0.228 e. The Kier molecular flexibility index (Phi) is 3.68. The highest BCUT2D eigenvalue weighted by Gasteiger charge is 2.43. The number of halogens is 2. The van der Waals surface area contributed by atoms with E-state index in [1.165, 1.54) is 5.56 Å². The van der Waals surface area contributed by atoms with Gasteiger partial charge in [0.25, 0.3) is 0 Å². The Balaban J connectivity index is 1.65. The first-order valence-electron chi connectivity index (χ1n) is 6.46. The van der Waals surface area contributed by atoms with E-state index in [1.54, 1.807) is 18.2 Å². The second-order valence-electron chi connectivity index (χ2n) is 4.98. The van der Waals surface area contributed by atoms with Crippen molar-refractivity contribution in [3.05, 3.63) is 64.1 Å². The number of carbonyl (C=O) groups excluding carboxylic acids is 1. The van der Waals surface area contributed by atoms with Gasteiger partial charge in [0.2, 0.25) is 5.91 Å². The largest absolute Gasteiger partial charge is 0.326 e. The van der Waals surface area contributed by atoms with Crippen molar-refractivity contribution in [3.63, 3.8) is 0 Å². The number of nitrogens with one attached hydrogen (secondary N) is 1. The minimum absolute atomic E-state index is 0.0391. The monoisotopic (exact) mass is 305 g/mol. The molecule has 1 fully saturated rings. The summed E-state index contributed by atoms with van der Waals surface area (Å²) in [6.45, 7) is 0. The summed E-state index contributed by atoms with van der Waals surface area (Å²) < 4.78 is 0. The molecule has 0 aliphatic heterocycles. The number of anilines is 1. The molecule has 4 heteroatoms. The predicted octanol–water partition coefficient (Wildman–Crippen LogP) is 4.74. The first-order valence-corrected chi connectivity index (χ1v) is 7.21. The number of carbonyl (C=O) groups is 1. The number of benzene rings is 2. The van der Waals surface area contributed by atoms with Gasteiger partial charge in [-0.2, -0.15) is 0 Å². The molecule has 1 saturated carbocycles. The second kappa shape index (κ2) is 5.47. The quantitative estimate of drug-likeness (QED) is 0.872. The van der Waals surface area contributed by atoms with Crippen LogP contribution >= 0.6 is 23.2 Å². The zero-order chi connectivity index (χ0) is 14.1. The molecule has 0 saturated heterocycles. The molecule has 0 aromatic heterocycles. The molecule has 0 radical (unpaired) electrons. The summed E-state index contributed by atoms with van der Waals surface area (Å²) in [4.78, 5) is 12.2. The van der Waals surface area contributed by atoms with Crippen molar-refractivity contribution >= 4 is 34.8 Å². The van der Waals surface area contributed by atoms with Gasteiger partial charge in [0, 0.05) is 11.6 Å². The maximum Gasteiger partial charge on any atom is 0.228 e. The van der Waals surface area contributed by atoms with Gasteiger partial charge >= 0.3 is 0 Å². The maximum atomic E-state index is 12.2. The van der Waals surface area contributed by atoms with E-state index in [9.17, 15) is 4.79 Å². The Labute approximate surface area is 127 Å². The molecule has 0 spiro atoms. The third-order valence-electron chi connectivity index (χ3n) is 3.54. The predicted molar refractivity (Wildman–Crippen MR) is 82.4 cm³/mol. The lowest BCUT2D eigenvalue weighted by Gasteiger charge is -2.06. The van der Waals surface area contributed by atoms with Gasteiger partial charge in [0.05, 0.1) is 10.0 Å². The Hall–Kier alpha value is -1.51. The summed E-state index contributed by atoms with van der Waals surface area (Å²) in [5.74, 6) is 0.420. The number of hydrogen-bond donors (Lipinski definition) is 1. The Morgan fingerprint density at radius 1 is 1.05 bits per heavy atom. The van der Waals surface area contributed by atoms with Gasteiger partial charge in [-0.15, -0.1) is 0 Å². The van der Waals surface area contributed by atoms with Gasteiger partial charge in [-0.05, 0) is 36.1 Å². The summed E-state index contributed by atoms with van der Waals surface area (Å²) in [5, 5.41) is 3.82. The molecular weight excluding hydrogens is 293 g/mol. The topological polar surface area (TPSA) is 29.1 Å². The molecule has 20 heavy (non-hydrogen) atoms. The third-order valence-corrected chi connectivity index (χ3v) is 4.28. The lowest BCUT2D eigenvalue weighted by Crippen LogP contribution is -2.14. The van der Waals surface area contributed by atoms with Gasteiger partial charge in [0.15, 0.2) is 0 Å². The highest BCUT2D eigenvalue weighted by molar-refractivity contribution is 6.42. The van der Waals surface area contributed by atoms with Crippen LogP contribution in [0.4, 0.5) is 5.69 Å². The zero-order valence-corrected chi connectivity index (χ0v) is 12.2. The van der Waals surface area contributed by atoms with Gasteiger partial charge in [-0.25, -0.2) is 0 Å². The van der Waals surface area contributed by atoms with E-state index >= 15 is 0 Å². The van der Waals surface area contributed by atoms with Crippen LogP contribution in [0.15, 0.2) is 48.5 Å². The van der Waals surface area contributed by atoms with Crippen LogP contribution in [-0.2, 0) is 4.79 Å². The van der Waals surface area contributed by atoms with Crippen molar-refractivity contribution < 1.29 is 4.79 Å². The van der Waals surface area contributed by atoms with E-state index in [4.69, 9.17) is 23.2 Å². The average Bonchev–Trinajstić information content (AvgIpc) is 3.24. The molecule has 1 aliphatic rings. The van der Waals surface area contributed by atoms with Crippen LogP contribution < -0.4 is 5.32 Å². The number of amides is 1. The molecule has 3 rings (SSSR count). The second-order valence-corrected chi connectivity index (χ2v) is 5.79. The molecule has 2 aromatic carbocycles. The highest BCUT2D eigenvalue weighted by Crippen LogP contribution is 2.47. The fraction of sp³-hybridized carbons (Fsp3) is 0.188. The van der Waals surface area contributed by atoms with Gasteiger partial charge in [-0.3, -0.25) is 4.79 Å². The van der Waals surface area contributed by atoms with Crippen LogP contribution in [0.3, 0.4) is 0 Å². The summed E-state index contributed by atoms with van der Waals surface area (Å²) in [6, 6.07) is 15.2. The van der Waals surface area contributed by atoms with Crippen LogP contribution in [0.25, 0.3) is 0 Å². The number of rotatable bonds is 3. The van der Waals surface area contributed by atoms with Gasteiger partial charge < -0.3 is 5.32 Å². The molecule has 0 bridgehead atoms. The average molecular weight is 306 g/mol. The van der Waals surface area contributed by atoms with E-state index < -0.39 is 0 Å². The fourth-order valence-corrected chi connectivity index (χ4v) is 2.66. The van der Waals surface area contributed by atoms with Crippen LogP contribution in [0.1, 0.15) is 17.9 Å². The van der Waals surface area contributed by atoms with Crippen molar-refractivity contribution in [1.82, 2.24) is 0 Å². The van der Waals surface area contributed by atoms with Crippen LogP contribution in [0.2, 0.25) is 10.0 Å². The molecule has 0 heterocycles. The first kappa shape index (κ1) is 13.5. The molecule has 0 unspecified atom stereocenters. The first-order chi connectivity index (χ1) is 9.65. The molecule has 1 aliphatic carbocycles. The Morgan fingerprint density at radius 3 is 2.50 bits per heavy atom.